The summed E-state index contributed by atoms with van der Waals surface area (Å²) in [5.74, 6) is 0.538. The van der Waals surface area contributed by atoms with E-state index in [9.17, 15) is 9.59 Å². The van der Waals surface area contributed by atoms with Crippen LogP contribution in [0.5, 0.6) is 11.5 Å². The van der Waals surface area contributed by atoms with Crippen molar-refractivity contribution in [2.75, 3.05) is 13.2 Å². The number of hydrogen-bond acceptors (Lipinski definition) is 5. The second kappa shape index (κ2) is 10.2. The van der Waals surface area contributed by atoms with Gasteiger partial charge in [-0.3, -0.25) is 14.5 Å². The van der Waals surface area contributed by atoms with Crippen LogP contribution in [0.4, 0.5) is 4.79 Å². The van der Waals surface area contributed by atoms with E-state index in [1.807, 2.05) is 31.2 Å². The number of hydrogen-bond donors (Lipinski definition) is 0. The number of carbonyl (C=O) groups excluding carboxylic acids is 2. The van der Waals surface area contributed by atoms with E-state index in [-0.39, 0.29) is 24.3 Å². The van der Waals surface area contributed by atoms with Crippen LogP contribution < -0.4 is 9.47 Å². The van der Waals surface area contributed by atoms with Crippen molar-refractivity contribution in [2.45, 2.75) is 13.5 Å². The first-order valence-electron chi connectivity index (χ1n) is 9.12. The van der Waals surface area contributed by atoms with Gasteiger partial charge in [0.15, 0.2) is 11.5 Å². The molecule has 5 nitrogen and oxygen atoms in total. The van der Waals surface area contributed by atoms with Gasteiger partial charge in [0.25, 0.3) is 11.1 Å². The van der Waals surface area contributed by atoms with Crippen LogP contribution in [-0.2, 0) is 11.3 Å². The van der Waals surface area contributed by atoms with Crippen LogP contribution in [0.15, 0.2) is 58.4 Å². The van der Waals surface area contributed by atoms with Gasteiger partial charge in [0.2, 0.25) is 0 Å². The van der Waals surface area contributed by atoms with Crippen molar-refractivity contribution < 1.29 is 19.1 Å². The van der Waals surface area contributed by atoms with E-state index in [2.05, 4.69) is 22.5 Å². The number of nitrogens with zero attached hydrogens (tertiary/aromatic N) is 1. The summed E-state index contributed by atoms with van der Waals surface area (Å²) in [5, 5.41) is 0.0377. The molecule has 0 aromatic heterocycles. The maximum atomic E-state index is 12.8. The lowest BCUT2D eigenvalue weighted by molar-refractivity contribution is -0.123. The third kappa shape index (κ3) is 5.28. The van der Waals surface area contributed by atoms with Crippen molar-refractivity contribution in [3.63, 3.8) is 0 Å². The molecule has 0 saturated carbocycles. The Morgan fingerprint density at radius 2 is 2.03 bits per heavy atom. The third-order valence-electron chi connectivity index (χ3n) is 4.08. The van der Waals surface area contributed by atoms with Crippen LogP contribution >= 0.6 is 39.3 Å². The van der Waals surface area contributed by atoms with E-state index in [1.165, 1.54) is 4.90 Å². The van der Waals surface area contributed by atoms with E-state index < -0.39 is 0 Å². The second-order valence-electron chi connectivity index (χ2n) is 6.26. The summed E-state index contributed by atoms with van der Waals surface area (Å²) in [7, 11) is 0. The quantitative estimate of drug-likeness (QED) is 0.309. The SMILES string of the molecule is C=CCOc1c(Cl)cc(/C=C2/SC(=O)N(Cc3cccc(Br)c3)C2=O)cc1OCC. The lowest BCUT2D eigenvalue weighted by Crippen LogP contribution is -2.27. The number of rotatable bonds is 8. The molecule has 0 unspecified atom stereocenters. The lowest BCUT2D eigenvalue weighted by atomic mass is 10.1. The Hall–Kier alpha value is -2.22. The molecule has 30 heavy (non-hydrogen) atoms. The molecule has 3 rings (SSSR count). The van der Waals surface area contributed by atoms with Gasteiger partial charge in [-0.1, -0.05) is 52.3 Å². The van der Waals surface area contributed by atoms with Crippen molar-refractivity contribution in [3.8, 4) is 11.5 Å². The summed E-state index contributed by atoms with van der Waals surface area (Å²) in [6, 6.07) is 10.9. The zero-order valence-electron chi connectivity index (χ0n) is 16.2. The highest BCUT2D eigenvalue weighted by Gasteiger charge is 2.35. The minimum absolute atomic E-state index is 0.209. The molecule has 0 bridgehead atoms. The van der Waals surface area contributed by atoms with Crippen LogP contribution in [0.25, 0.3) is 6.08 Å². The molecule has 1 aliphatic rings. The Morgan fingerprint density at radius 3 is 2.73 bits per heavy atom. The van der Waals surface area contributed by atoms with E-state index >= 15 is 0 Å². The molecule has 1 saturated heterocycles. The van der Waals surface area contributed by atoms with Crippen molar-refractivity contribution in [2.24, 2.45) is 0 Å². The molecule has 0 N–H and O–H groups in total. The van der Waals surface area contributed by atoms with Crippen molar-refractivity contribution in [3.05, 3.63) is 74.6 Å². The molecule has 1 fully saturated rings. The van der Waals surface area contributed by atoms with E-state index in [0.29, 0.717) is 33.6 Å². The van der Waals surface area contributed by atoms with Crippen LogP contribution in [0.1, 0.15) is 18.1 Å². The molecule has 1 heterocycles. The third-order valence-corrected chi connectivity index (χ3v) is 5.76. The van der Waals surface area contributed by atoms with Crippen LogP contribution in [0.2, 0.25) is 5.02 Å². The first-order chi connectivity index (χ1) is 14.4. The fraction of sp³-hybridized carbons (Fsp3) is 0.182. The smallest absolute Gasteiger partial charge is 0.293 e. The zero-order chi connectivity index (χ0) is 21.7. The van der Waals surface area contributed by atoms with Gasteiger partial charge in [-0.05, 0) is 60.2 Å². The molecule has 2 aromatic rings. The molecular formula is C22H19BrClNO4S. The number of amides is 2. The topological polar surface area (TPSA) is 55.8 Å². The summed E-state index contributed by atoms with van der Waals surface area (Å²) in [5.41, 5.74) is 1.50. The standard InChI is InChI=1S/C22H19BrClNO4S/c1-3-8-29-20-17(24)10-15(11-18(20)28-4-2)12-19-21(26)25(22(27)30-19)13-14-6-5-7-16(23)9-14/h3,5-7,9-12H,1,4,8,13H2,2H3/b19-12+. The summed E-state index contributed by atoms with van der Waals surface area (Å²) < 4.78 is 12.1. The summed E-state index contributed by atoms with van der Waals surface area (Å²) in [6.45, 7) is 6.40. The average Bonchev–Trinajstić information content (AvgIpc) is 2.95. The van der Waals surface area contributed by atoms with Crippen molar-refractivity contribution >= 4 is 56.5 Å². The Bertz CT molecular complexity index is 1020. The van der Waals surface area contributed by atoms with Gasteiger partial charge in [0, 0.05) is 4.47 Å². The van der Waals surface area contributed by atoms with Crippen LogP contribution in [0, 0.1) is 0 Å². The van der Waals surface area contributed by atoms with Gasteiger partial charge in [-0.15, -0.1) is 0 Å². The first kappa shape index (κ1) is 22.5. The predicted molar refractivity (Wildman–Crippen MR) is 124 cm³/mol. The average molecular weight is 509 g/mol. The molecule has 0 radical (unpaired) electrons. The van der Waals surface area contributed by atoms with Gasteiger partial charge in [0.05, 0.1) is 23.1 Å². The van der Waals surface area contributed by atoms with Gasteiger partial charge in [-0.2, -0.15) is 0 Å². The molecule has 0 aliphatic carbocycles. The number of halogens is 2. The van der Waals surface area contributed by atoms with Gasteiger partial charge >= 0.3 is 0 Å². The minimum atomic E-state index is -0.342. The van der Waals surface area contributed by atoms with Gasteiger partial charge < -0.3 is 9.47 Å². The number of thioether (sulfide) groups is 1. The molecule has 1 aliphatic heterocycles. The van der Waals surface area contributed by atoms with Gasteiger partial charge in [-0.25, -0.2) is 0 Å². The maximum Gasteiger partial charge on any atom is 0.293 e. The summed E-state index contributed by atoms with van der Waals surface area (Å²) in [4.78, 5) is 26.8. The first-order valence-corrected chi connectivity index (χ1v) is 11.1. The van der Waals surface area contributed by atoms with E-state index in [1.54, 1.807) is 24.3 Å². The highest BCUT2D eigenvalue weighted by Crippen LogP contribution is 2.39. The number of imide groups is 1. The molecule has 8 heteroatoms. The molecule has 0 spiro atoms. The fourth-order valence-electron chi connectivity index (χ4n) is 2.82. The minimum Gasteiger partial charge on any atom is -0.490 e. The maximum absolute atomic E-state index is 12.8. The Morgan fingerprint density at radius 1 is 1.23 bits per heavy atom. The predicted octanol–water partition coefficient (Wildman–Crippen LogP) is 6.30. The van der Waals surface area contributed by atoms with E-state index in [4.69, 9.17) is 21.1 Å². The normalized spacial score (nSPS) is 15.0. The van der Waals surface area contributed by atoms with Crippen LogP contribution in [-0.4, -0.2) is 29.3 Å². The fourth-order valence-corrected chi connectivity index (χ4v) is 4.38. The van der Waals surface area contributed by atoms with E-state index in [0.717, 1.165) is 21.8 Å². The molecule has 2 aromatic carbocycles. The second-order valence-corrected chi connectivity index (χ2v) is 8.58. The van der Waals surface area contributed by atoms with Crippen molar-refractivity contribution in [1.29, 1.82) is 0 Å². The lowest BCUT2D eigenvalue weighted by Gasteiger charge is -2.14. The molecule has 2 amide bonds. The molecular weight excluding hydrogens is 490 g/mol. The molecule has 0 atom stereocenters. The Balaban J connectivity index is 1.86. The largest absolute Gasteiger partial charge is 0.490 e. The summed E-state index contributed by atoms with van der Waals surface area (Å²) in [6.07, 6.45) is 3.25. The highest BCUT2D eigenvalue weighted by atomic mass is 79.9. The number of ether oxygens (including phenoxy) is 2. The zero-order valence-corrected chi connectivity index (χ0v) is 19.4. The Kier molecular flexibility index (Phi) is 7.64. The van der Waals surface area contributed by atoms with Crippen LogP contribution in [0.3, 0.4) is 0 Å². The van der Waals surface area contributed by atoms with Gasteiger partial charge in [0.1, 0.15) is 6.61 Å². The van der Waals surface area contributed by atoms with Crippen molar-refractivity contribution in [1.82, 2.24) is 4.90 Å². The Labute approximate surface area is 192 Å². The number of carbonyl (C=O) groups is 2. The highest BCUT2D eigenvalue weighted by molar-refractivity contribution is 9.10. The monoisotopic (exact) mass is 507 g/mol. The summed E-state index contributed by atoms with van der Waals surface area (Å²) >= 11 is 10.7. The molecule has 156 valence electrons. The number of benzene rings is 2.